The summed E-state index contributed by atoms with van der Waals surface area (Å²) in [4.78, 5) is 0. The van der Waals surface area contributed by atoms with Crippen molar-refractivity contribution in [1.29, 1.82) is 0 Å². The van der Waals surface area contributed by atoms with Gasteiger partial charge in [-0.25, -0.2) is 17.6 Å². The molecule has 1 aromatic heterocycles. The van der Waals surface area contributed by atoms with E-state index in [1.54, 1.807) is 0 Å². The fraction of sp³-hybridized carbons (Fsp3) is 0.786. The van der Waals surface area contributed by atoms with Crippen LogP contribution < -0.4 is 4.57 Å². The summed E-state index contributed by atoms with van der Waals surface area (Å²) in [5, 5.41) is -7.11. The lowest BCUT2D eigenvalue weighted by Gasteiger charge is -2.34. The first-order valence-corrected chi connectivity index (χ1v) is 9.48. The van der Waals surface area contributed by atoms with Crippen molar-refractivity contribution < 1.29 is 57.1 Å². The van der Waals surface area contributed by atoms with Gasteiger partial charge in [0.1, 0.15) is 12.4 Å². The summed E-state index contributed by atoms with van der Waals surface area (Å²) in [5.74, 6) is -14.8. The lowest BCUT2D eigenvalue weighted by molar-refractivity contribution is -0.696. The van der Waals surface area contributed by atoms with Crippen molar-refractivity contribution in [1.82, 2.24) is 4.57 Å². The number of nitrogens with zero attached hydrogens (tertiary/aromatic N) is 2. The number of aromatic nitrogens is 2. The highest BCUT2D eigenvalue weighted by Crippen LogP contribution is 2.54. The molecule has 29 heavy (non-hydrogen) atoms. The van der Waals surface area contributed by atoms with E-state index < -0.39 is 33.4 Å². The average Bonchev–Trinajstić information content (AvgIpc) is 3.01. The van der Waals surface area contributed by atoms with E-state index in [9.17, 15) is 52.5 Å². The van der Waals surface area contributed by atoms with Crippen molar-refractivity contribution >= 4 is 10.1 Å². The van der Waals surface area contributed by atoms with Crippen LogP contribution in [0.25, 0.3) is 0 Å². The molecular formula is C14H19F9N2O3S. The Morgan fingerprint density at radius 2 is 1.45 bits per heavy atom. The fourth-order valence-electron chi connectivity index (χ4n) is 1.82. The number of hydrogen-bond donors (Lipinski definition) is 0. The van der Waals surface area contributed by atoms with Crippen molar-refractivity contribution in [2.24, 2.45) is 0 Å². The highest BCUT2D eigenvalue weighted by Gasteiger charge is 2.83. The predicted molar refractivity (Wildman–Crippen MR) is 80.4 cm³/mol. The number of hydrogen-bond acceptors (Lipinski definition) is 3. The van der Waals surface area contributed by atoms with E-state index >= 15 is 0 Å². The topological polar surface area (TPSA) is 66.0 Å². The number of rotatable bonds is 8. The van der Waals surface area contributed by atoms with E-state index in [1.807, 2.05) is 0 Å². The van der Waals surface area contributed by atoms with Gasteiger partial charge >= 0.3 is 23.3 Å². The zero-order valence-corrected chi connectivity index (χ0v) is 16.0. The Morgan fingerprint density at radius 1 is 0.931 bits per heavy atom. The molecule has 0 aliphatic rings. The first-order chi connectivity index (χ1) is 12.9. The molecule has 0 bridgehead atoms. The minimum Gasteiger partial charge on any atom is -0.743 e. The number of halogens is 9. The van der Waals surface area contributed by atoms with Crippen LogP contribution in [0.5, 0.6) is 0 Å². The molecule has 172 valence electrons. The van der Waals surface area contributed by atoms with E-state index in [-0.39, 0.29) is 0 Å². The summed E-state index contributed by atoms with van der Waals surface area (Å²) in [7, 11) is -7.42. The van der Waals surface area contributed by atoms with Gasteiger partial charge in [0.25, 0.3) is 0 Å². The Kier molecular flexibility index (Phi) is 9.04. The maximum absolute atomic E-state index is 12.2. The van der Waals surface area contributed by atoms with Crippen LogP contribution in [0.1, 0.15) is 33.1 Å². The second kappa shape index (κ2) is 9.53. The van der Waals surface area contributed by atoms with Gasteiger partial charge in [-0.1, -0.05) is 13.3 Å². The molecule has 0 radical (unpaired) electrons. The third-order valence-corrected chi connectivity index (χ3v) is 4.45. The molecule has 5 nitrogen and oxygen atoms in total. The van der Waals surface area contributed by atoms with Crippen molar-refractivity contribution in [3.05, 3.63) is 18.7 Å². The highest BCUT2D eigenvalue weighted by molar-refractivity contribution is 7.86. The van der Waals surface area contributed by atoms with Gasteiger partial charge in [0.05, 0.1) is 13.1 Å². The summed E-state index contributed by atoms with van der Waals surface area (Å²) in [5.41, 5.74) is 0. The first kappa shape index (κ1) is 27.5. The lowest BCUT2D eigenvalue weighted by atomic mass is 10.1. The molecule has 0 fully saturated rings. The van der Waals surface area contributed by atoms with Crippen LogP contribution in [0.2, 0.25) is 0 Å². The number of aryl methyl sites for hydroxylation is 2. The van der Waals surface area contributed by atoms with Crippen LogP contribution in [0, 0.1) is 0 Å². The Morgan fingerprint density at radius 3 is 1.79 bits per heavy atom. The molecule has 0 aliphatic carbocycles. The van der Waals surface area contributed by atoms with Crippen molar-refractivity contribution in [3.8, 4) is 0 Å². The van der Waals surface area contributed by atoms with Gasteiger partial charge in [-0.15, -0.1) is 0 Å². The summed E-state index contributed by atoms with van der Waals surface area (Å²) < 4.78 is 140. The van der Waals surface area contributed by atoms with E-state index in [0.717, 1.165) is 6.54 Å². The average molecular weight is 466 g/mol. The second-order valence-electron chi connectivity index (χ2n) is 5.81. The maximum Gasteiger partial charge on any atom is 0.460 e. The zero-order chi connectivity index (χ0) is 23.3. The summed E-state index contributed by atoms with van der Waals surface area (Å²) in [6.07, 6.45) is 3.24. The predicted octanol–water partition coefficient (Wildman–Crippen LogP) is 3.94. The zero-order valence-electron chi connectivity index (χ0n) is 15.2. The highest BCUT2D eigenvalue weighted by atomic mass is 32.2. The first-order valence-electron chi connectivity index (χ1n) is 8.07. The van der Waals surface area contributed by atoms with E-state index in [0.29, 0.717) is 0 Å². The summed E-state index contributed by atoms with van der Waals surface area (Å²) >= 11 is 0. The van der Waals surface area contributed by atoms with Gasteiger partial charge in [-0.2, -0.15) is 39.5 Å². The monoisotopic (exact) mass is 466 g/mol. The minimum atomic E-state index is -7.43. The van der Waals surface area contributed by atoms with Gasteiger partial charge in [0.15, 0.2) is 10.1 Å². The molecule has 0 saturated carbocycles. The molecule has 1 aromatic rings. The fourth-order valence-corrected chi connectivity index (χ4v) is 2.26. The molecule has 0 spiro atoms. The number of alkyl halides is 9. The van der Waals surface area contributed by atoms with E-state index in [2.05, 4.69) is 41.7 Å². The molecule has 0 N–H and O–H groups in total. The maximum atomic E-state index is 12.2. The molecule has 1 heterocycles. The Labute approximate surface area is 160 Å². The third kappa shape index (κ3) is 6.23. The van der Waals surface area contributed by atoms with Gasteiger partial charge in [0.2, 0.25) is 6.33 Å². The van der Waals surface area contributed by atoms with Gasteiger partial charge in [0, 0.05) is 0 Å². The van der Waals surface area contributed by atoms with Crippen LogP contribution in [-0.4, -0.2) is 40.8 Å². The molecule has 1 rings (SSSR count). The molecule has 15 heteroatoms. The van der Waals surface area contributed by atoms with Crippen LogP contribution in [0.3, 0.4) is 0 Å². The molecule has 0 saturated heterocycles. The molecule has 0 aromatic carbocycles. The quantitative estimate of drug-likeness (QED) is 0.252. The lowest BCUT2D eigenvalue weighted by Crippen LogP contribution is -2.63. The van der Waals surface area contributed by atoms with Gasteiger partial charge < -0.3 is 4.55 Å². The molecule has 0 amide bonds. The Bertz CT molecular complexity index is 746. The Balaban J connectivity index is 0.000000571. The van der Waals surface area contributed by atoms with Crippen LogP contribution in [0.4, 0.5) is 39.5 Å². The normalized spacial score (nSPS) is 13.8. The molecule has 0 unspecified atom stereocenters. The van der Waals surface area contributed by atoms with Crippen LogP contribution >= 0.6 is 0 Å². The van der Waals surface area contributed by atoms with Crippen LogP contribution in [-0.2, 0) is 23.2 Å². The van der Waals surface area contributed by atoms with Crippen molar-refractivity contribution in [2.45, 2.75) is 69.5 Å². The van der Waals surface area contributed by atoms with Crippen molar-refractivity contribution in [3.63, 3.8) is 0 Å². The molecule has 0 atom stereocenters. The smallest absolute Gasteiger partial charge is 0.460 e. The molecule has 0 aliphatic heterocycles. The third-order valence-electron chi connectivity index (χ3n) is 3.56. The summed E-state index contributed by atoms with van der Waals surface area (Å²) in [6, 6.07) is 0. The summed E-state index contributed by atoms with van der Waals surface area (Å²) in [6.45, 7) is 6.64. The SMILES string of the molecule is CCCCC[n+]1ccn(CC)c1.O=S(=O)([O-])C(F)(F)C(F)(F)C(F)(F)C(F)(F)F. The minimum absolute atomic E-state index is 1.07. The van der Waals surface area contributed by atoms with Crippen LogP contribution in [0.15, 0.2) is 18.7 Å². The van der Waals surface area contributed by atoms with E-state index in [4.69, 9.17) is 0 Å². The van der Waals surface area contributed by atoms with Gasteiger partial charge in [-0.05, 0) is 19.8 Å². The Hall–Kier alpha value is -1.51. The molecular weight excluding hydrogens is 447 g/mol. The van der Waals surface area contributed by atoms with E-state index in [1.165, 1.54) is 25.8 Å². The van der Waals surface area contributed by atoms with Gasteiger partial charge in [-0.3, -0.25) is 0 Å². The largest absolute Gasteiger partial charge is 0.743 e. The standard InChI is InChI=1S/C10H19N2.C4HF9O3S/c1-3-5-6-7-12-9-8-11(4-2)10-12;5-1(6,3(9,10)11)2(7,8)4(12,13)17(14,15)16/h8-10H,3-7H2,1-2H3;(H,14,15,16)/q+1;/p-1. The number of unbranched alkanes of at least 4 members (excludes halogenated alkanes) is 2. The van der Waals surface area contributed by atoms with Crippen molar-refractivity contribution in [2.75, 3.05) is 0 Å². The second-order valence-corrected chi connectivity index (χ2v) is 7.23. The number of imidazole rings is 1.